The summed E-state index contributed by atoms with van der Waals surface area (Å²) in [6.45, 7) is 2.24. The van der Waals surface area contributed by atoms with Crippen molar-refractivity contribution < 1.29 is 14.4 Å². The fourth-order valence-corrected chi connectivity index (χ4v) is 3.71. The number of fused-ring (bicyclic) bond motifs is 2. The molecule has 7 heteroatoms. The van der Waals surface area contributed by atoms with Crippen LogP contribution in [0.1, 0.15) is 28.9 Å². The quantitative estimate of drug-likeness (QED) is 0.903. The molecule has 27 heavy (non-hydrogen) atoms. The summed E-state index contributed by atoms with van der Waals surface area (Å²) in [6.07, 6.45) is 1.41. The standard InChI is InChI=1S/C20H20N4O3/c1-13-6-4-10-17(21-13)22-18(25)12-24-15-8-3-2-7-14(15)19(26)23-11-5-9-16(23)20(24)27/h2-4,6-8,10,16H,5,9,11-12H2,1H3,(H,21,22,25). The van der Waals surface area contributed by atoms with Crippen LogP contribution in [0.5, 0.6) is 0 Å². The van der Waals surface area contributed by atoms with Gasteiger partial charge in [-0.1, -0.05) is 18.2 Å². The molecule has 0 bridgehead atoms. The zero-order valence-electron chi connectivity index (χ0n) is 15.0. The van der Waals surface area contributed by atoms with Crippen molar-refractivity contribution in [3.8, 4) is 0 Å². The highest BCUT2D eigenvalue weighted by molar-refractivity contribution is 6.13. The van der Waals surface area contributed by atoms with Crippen LogP contribution in [0.3, 0.4) is 0 Å². The Morgan fingerprint density at radius 1 is 1.19 bits per heavy atom. The number of para-hydroxylation sites is 1. The normalized spacial score (nSPS) is 18.8. The van der Waals surface area contributed by atoms with Gasteiger partial charge in [0.05, 0.1) is 11.3 Å². The van der Waals surface area contributed by atoms with Crippen LogP contribution < -0.4 is 10.2 Å². The summed E-state index contributed by atoms with van der Waals surface area (Å²) >= 11 is 0. The number of nitrogens with zero attached hydrogens (tertiary/aromatic N) is 3. The molecule has 1 N–H and O–H groups in total. The average molecular weight is 364 g/mol. The zero-order chi connectivity index (χ0) is 19.0. The molecule has 3 amide bonds. The molecule has 1 atom stereocenters. The summed E-state index contributed by atoms with van der Waals surface area (Å²) in [7, 11) is 0. The van der Waals surface area contributed by atoms with Crippen LogP contribution in [0.15, 0.2) is 42.5 Å². The Hall–Kier alpha value is -3.22. The van der Waals surface area contributed by atoms with E-state index < -0.39 is 6.04 Å². The summed E-state index contributed by atoms with van der Waals surface area (Å²) in [5.74, 6) is -0.271. The number of hydrogen-bond acceptors (Lipinski definition) is 4. The number of hydrogen-bond donors (Lipinski definition) is 1. The SMILES string of the molecule is Cc1cccc(NC(=O)CN2C(=O)C3CCCN3C(=O)c3ccccc32)n1. The number of carbonyl (C=O) groups excluding carboxylic acids is 3. The Labute approximate surface area is 157 Å². The van der Waals surface area contributed by atoms with Gasteiger partial charge in [0.25, 0.3) is 5.91 Å². The number of amides is 3. The van der Waals surface area contributed by atoms with E-state index in [4.69, 9.17) is 0 Å². The lowest BCUT2D eigenvalue weighted by Gasteiger charge is -2.25. The number of aromatic nitrogens is 1. The fraction of sp³-hybridized carbons (Fsp3) is 0.300. The molecule has 0 radical (unpaired) electrons. The molecule has 1 aromatic carbocycles. The number of rotatable bonds is 3. The lowest BCUT2D eigenvalue weighted by molar-refractivity contribution is -0.124. The molecule has 4 rings (SSSR count). The molecular weight excluding hydrogens is 344 g/mol. The van der Waals surface area contributed by atoms with Crippen LogP contribution in [0.4, 0.5) is 11.5 Å². The molecule has 3 heterocycles. The van der Waals surface area contributed by atoms with Crippen molar-refractivity contribution in [3.63, 3.8) is 0 Å². The first-order valence-electron chi connectivity index (χ1n) is 8.99. The second-order valence-electron chi connectivity index (χ2n) is 6.81. The molecule has 138 valence electrons. The van der Waals surface area contributed by atoms with E-state index in [0.717, 1.165) is 12.1 Å². The maximum atomic E-state index is 13.1. The van der Waals surface area contributed by atoms with E-state index in [-0.39, 0.29) is 24.3 Å². The molecule has 0 aliphatic carbocycles. The van der Waals surface area contributed by atoms with E-state index in [1.807, 2.05) is 13.0 Å². The van der Waals surface area contributed by atoms with E-state index in [1.54, 1.807) is 41.3 Å². The lowest BCUT2D eigenvalue weighted by atomic mass is 10.1. The van der Waals surface area contributed by atoms with Crippen molar-refractivity contribution in [3.05, 3.63) is 53.7 Å². The number of anilines is 2. The van der Waals surface area contributed by atoms with Gasteiger partial charge in [-0.15, -0.1) is 0 Å². The molecule has 2 aliphatic rings. The van der Waals surface area contributed by atoms with Crippen LogP contribution >= 0.6 is 0 Å². The molecular formula is C20H20N4O3. The summed E-state index contributed by atoms with van der Waals surface area (Å²) in [4.78, 5) is 45.9. The topological polar surface area (TPSA) is 82.6 Å². The molecule has 0 spiro atoms. The molecule has 1 aromatic heterocycles. The van der Waals surface area contributed by atoms with Gasteiger partial charge in [0, 0.05) is 12.2 Å². The zero-order valence-corrected chi connectivity index (χ0v) is 15.0. The number of carbonyl (C=O) groups is 3. The summed E-state index contributed by atoms with van der Waals surface area (Å²) in [5.41, 5.74) is 1.72. The third-order valence-electron chi connectivity index (χ3n) is 4.95. The summed E-state index contributed by atoms with van der Waals surface area (Å²) < 4.78 is 0. The molecule has 1 saturated heterocycles. The van der Waals surface area contributed by atoms with Crippen LogP contribution in [0, 0.1) is 6.92 Å². The summed E-state index contributed by atoms with van der Waals surface area (Å²) in [5, 5.41) is 2.73. The minimum Gasteiger partial charge on any atom is -0.327 e. The minimum atomic E-state index is -0.505. The number of aryl methyl sites for hydroxylation is 1. The Balaban J connectivity index is 1.64. The predicted octanol–water partition coefficient (Wildman–Crippen LogP) is 1.98. The minimum absolute atomic E-state index is 0.148. The van der Waals surface area contributed by atoms with Gasteiger partial charge in [0.1, 0.15) is 18.4 Å². The smallest absolute Gasteiger partial charge is 0.256 e. The highest BCUT2D eigenvalue weighted by atomic mass is 16.2. The molecule has 7 nitrogen and oxygen atoms in total. The van der Waals surface area contributed by atoms with Crippen LogP contribution in [-0.4, -0.2) is 46.7 Å². The Bertz CT molecular complexity index is 927. The van der Waals surface area contributed by atoms with Crippen LogP contribution in [0.25, 0.3) is 0 Å². The van der Waals surface area contributed by atoms with E-state index in [0.29, 0.717) is 30.0 Å². The molecule has 2 aromatic rings. The Kier molecular flexibility index (Phi) is 4.35. The van der Waals surface area contributed by atoms with Gasteiger partial charge in [-0.25, -0.2) is 4.98 Å². The first-order valence-corrected chi connectivity index (χ1v) is 8.99. The number of benzene rings is 1. The van der Waals surface area contributed by atoms with Crippen molar-refractivity contribution in [1.29, 1.82) is 0 Å². The van der Waals surface area contributed by atoms with E-state index >= 15 is 0 Å². The van der Waals surface area contributed by atoms with Gasteiger partial charge in [-0.05, 0) is 44.0 Å². The Morgan fingerprint density at radius 3 is 2.81 bits per heavy atom. The van der Waals surface area contributed by atoms with Crippen LogP contribution in [0.2, 0.25) is 0 Å². The molecule has 2 aliphatic heterocycles. The van der Waals surface area contributed by atoms with Crippen molar-refractivity contribution in [2.75, 3.05) is 23.3 Å². The maximum Gasteiger partial charge on any atom is 0.256 e. The number of nitrogens with one attached hydrogen (secondary N) is 1. The monoisotopic (exact) mass is 364 g/mol. The summed E-state index contributed by atoms with van der Waals surface area (Å²) in [6, 6.07) is 11.8. The first kappa shape index (κ1) is 17.2. The molecule has 0 saturated carbocycles. The fourth-order valence-electron chi connectivity index (χ4n) is 3.71. The average Bonchev–Trinajstić information content (AvgIpc) is 3.12. The third kappa shape index (κ3) is 3.16. The molecule has 1 fully saturated rings. The van der Waals surface area contributed by atoms with Crippen molar-refractivity contribution >= 4 is 29.2 Å². The second kappa shape index (κ2) is 6.83. The highest BCUT2D eigenvalue weighted by Crippen LogP contribution is 2.32. The number of pyridine rings is 1. The Morgan fingerprint density at radius 2 is 2.00 bits per heavy atom. The van der Waals surface area contributed by atoms with Gasteiger partial charge in [-0.3, -0.25) is 14.4 Å². The largest absolute Gasteiger partial charge is 0.327 e. The van der Waals surface area contributed by atoms with E-state index in [9.17, 15) is 14.4 Å². The van der Waals surface area contributed by atoms with Crippen molar-refractivity contribution in [2.24, 2.45) is 0 Å². The van der Waals surface area contributed by atoms with Gasteiger partial charge < -0.3 is 15.1 Å². The lowest BCUT2D eigenvalue weighted by Crippen LogP contribution is -2.47. The second-order valence-corrected chi connectivity index (χ2v) is 6.81. The third-order valence-corrected chi connectivity index (χ3v) is 4.95. The van der Waals surface area contributed by atoms with Crippen molar-refractivity contribution in [2.45, 2.75) is 25.8 Å². The van der Waals surface area contributed by atoms with Gasteiger partial charge in [0.2, 0.25) is 11.8 Å². The van der Waals surface area contributed by atoms with Crippen LogP contribution in [-0.2, 0) is 9.59 Å². The van der Waals surface area contributed by atoms with Gasteiger partial charge >= 0.3 is 0 Å². The van der Waals surface area contributed by atoms with Gasteiger partial charge in [-0.2, -0.15) is 0 Å². The van der Waals surface area contributed by atoms with Gasteiger partial charge in [0.15, 0.2) is 0 Å². The molecule has 1 unspecified atom stereocenters. The maximum absolute atomic E-state index is 13.1. The highest BCUT2D eigenvalue weighted by Gasteiger charge is 2.42. The first-order chi connectivity index (χ1) is 13.0. The van der Waals surface area contributed by atoms with Crippen molar-refractivity contribution in [1.82, 2.24) is 9.88 Å². The predicted molar refractivity (Wildman–Crippen MR) is 100 cm³/mol. The van der Waals surface area contributed by atoms with E-state index in [2.05, 4.69) is 10.3 Å². The van der Waals surface area contributed by atoms with E-state index in [1.165, 1.54) is 4.90 Å².